The molecule has 0 saturated heterocycles. The van der Waals surface area contributed by atoms with E-state index < -0.39 is 20.8 Å². The van der Waals surface area contributed by atoms with Crippen LogP contribution in [0.5, 0.6) is 0 Å². The Morgan fingerprint density at radius 1 is 1.31 bits per heavy atom. The maximum Gasteiger partial charge on any atom is 0.412 e. The summed E-state index contributed by atoms with van der Waals surface area (Å²) in [4.78, 5) is 0. The summed E-state index contributed by atoms with van der Waals surface area (Å²) in [6, 6.07) is 6.65. The van der Waals surface area contributed by atoms with Crippen molar-refractivity contribution in [1.29, 1.82) is 0 Å². The predicted molar refractivity (Wildman–Crippen MR) is 56.5 cm³/mol. The number of hydrogen-bond acceptors (Lipinski definition) is 2. The van der Waals surface area contributed by atoms with Crippen LogP contribution in [-0.4, -0.2) is 12.8 Å². The topological polar surface area (TPSA) is 26.3 Å². The SMILES string of the molecule is CCc1ccccc1[PH](=O)OCC(F)(F)F. The van der Waals surface area contributed by atoms with Gasteiger partial charge in [-0.3, -0.25) is 4.57 Å². The summed E-state index contributed by atoms with van der Waals surface area (Å²) < 4.78 is 51.5. The monoisotopic (exact) mass is 252 g/mol. The van der Waals surface area contributed by atoms with Crippen LogP contribution in [0.4, 0.5) is 13.2 Å². The first kappa shape index (κ1) is 13.3. The molecule has 0 N–H and O–H groups in total. The van der Waals surface area contributed by atoms with Crippen LogP contribution in [0.3, 0.4) is 0 Å². The van der Waals surface area contributed by atoms with Crippen molar-refractivity contribution < 1.29 is 22.3 Å². The van der Waals surface area contributed by atoms with E-state index >= 15 is 0 Å². The molecule has 0 saturated carbocycles. The van der Waals surface area contributed by atoms with E-state index in [9.17, 15) is 17.7 Å². The summed E-state index contributed by atoms with van der Waals surface area (Å²) in [5.74, 6) is 0. The van der Waals surface area contributed by atoms with Crippen molar-refractivity contribution in [1.82, 2.24) is 0 Å². The van der Waals surface area contributed by atoms with Crippen molar-refractivity contribution in [3.8, 4) is 0 Å². The zero-order valence-corrected chi connectivity index (χ0v) is 9.67. The average molecular weight is 252 g/mol. The Balaban J connectivity index is 2.73. The molecular formula is C10H12F3O2P. The summed E-state index contributed by atoms with van der Waals surface area (Å²) in [5, 5.41) is 0.374. The Kier molecular flexibility index (Phi) is 4.56. The second-order valence-corrected chi connectivity index (χ2v) is 4.60. The number of benzene rings is 1. The molecule has 0 aliphatic heterocycles. The molecule has 1 aromatic rings. The Morgan fingerprint density at radius 2 is 1.94 bits per heavy atom. The normalized spacial score (nSPS) is 13.8. The lowest BCUT2D eigenvalue weighted by Gasteiger charge is -2.10. The largest absolute Gasteiger partial charge is 0.412 e. The molecule has 0 aliphatic rings. The molecular weight excluding hydrogens is 240 g/mol. The van der Waals surface area contributed by atoms with Crippen molar-refractivity contribution in [2.75, 3.05) is 6.61 Å². The first-order valence-electron chi connectivity index (χ1n) is 4.76. The van der Waals surface area contributed by atoms with Crippen molar-refractivity contribution >= 4 is 13.3 Å². The van der Waals surface area contributed by atoms with Gasteiger partial charge >= 0.3 is 6.18 Å². The van der Waals surface area contributed by atoms with Gasteiger partial charge in [0.05, 0.1) is 0 Å². The van der Waals surface area contributed by atoms with Crippen LogP contribution < -0.4 is 5.30 Å². The van der Waals surface area contributed by atoms with Crippen LogP contribution in [0.25, 0.3) is 0 Å². The molecule has 0 amide bonds. The van der Waals surface area contributed by atoms with Gasteiger partial charge in [0.15, 0.2) is 0 Å². The summed E-state index contributed by atoms with van der Waals surface area (Å²) >= 11 is 0. The molecule has 6 heteroatoms. The second-order valence-electron chi connectivity index (χ2n) is 3.20. The zero-order valence-electron chi connectivity index (χ0n) is 8.67. The van der Waals surface area contributed by atoms with Crippen LogP contribution >= 0.6 is 8.03 Å². The number of halogens is 3. The maximum atomic E-state index is 11.9. The van der Waals surface area contributed by atoms with Gasteiger partial charge in [-0.05, 0) is 18.1 Å². The third-order valence-electron chi connectivity index (χ3n) is 1.99. The lowest BCUT2D eigenvalue weighted by Crippen LogP contribution is -2.16. The number of aryl methyl sites for hydroxylation is 1. The second kappa shape index (κ2) is 5.51. The van der Waals surface area contributed by atoms with Crippen molar-refractivity contribution in [2.45, 2.75) is 19.5 Å². The van der Waals surface area contributed by atoms with Crippen molar-refractivity contribution in [3.63, 3.8) is 0 Å². The van der Waals surface area contributed by atoms with Gasteiger partial charge < -0.3 is 4.52 Å². The van der Waals surface area contributed by atoms with Crippen LogP contribution in [0.15, 0.2) is 24.3 Å². The summed E-state index contributed by atoms with van der Waals surface area (Å²) in [5.41, 5.74) is 0.758. The van der Waals surface area contributed by atoms with Crippen molar-refractivity contribution in [3.05, 3.63) is 29.8 Å². The minimum absolute atomic E-state index is 0.374. The first-order valence-corrected chi connectivity index (χ1v) is 6.07. The smallest absolute Gasteiger partial charge is 0.318 e. The highest BCUT2D eigenvalue weighted by molar-refractivity contribution is 7.48. The maximum absolute atomic E-state index is 11.9. The molecule has 0 radical (unpaired) electrons. The van der Waals surface area contributed by atoms with E-state index in [2.05, 4.69) is 4.52 Å². The average Bonchev–Trinajstić information content (AvgIpc) is 2.25. The minimum atomic E-state index is -4.44. The number of alkyl halides is 3. The fourth-order valence-electron chi connectivity index (χ4n) is 1.25. The van der Waals surface area contributed by atoms with Crippen LogP contribution in [-0.2, 0) is 15.5 Å². The van der Waals surface area contributed by atoms with E-state index in [0.29, 0.717) is 11.7 Å². The Hall–Kier alpha value is -0.800. The molecule has 0 bridgehead atoms. The molecule has 16 heavy (non-hydrogen) atoms. The van der Waals surface area contributed by atoms with E-state index in [0.717, 1.165) is 5.56 Å². The lowest BCUT2D eigenvalue weighted by atomic mass is 10.2. The van der Waals surface area contributed by atoms with Crippen LogP contribution in [0.1, 0.15) is 12.5 Å². The highest BCUT2D eigenvalue weighted by Gasteiger charge is 2.29. The fourth-order valence-corrected chi connectivity index (χ4v) is 2.46. The van der Waals surface area contributed by atoms with Gasteiger partial charge in [0.25, 0.3) is 0 Å². The molecule has 1 unspecified atom stereocenters. The minimum Gasteiger partial charge on any atom is -0.318 e. The highest BCUT2D eigenvalue weighted by Crippen LogP contribution is 2.27. The summed E-state index contributed by atoms with van der Waals surface area (Å²) in [6.07, 6.45) is -3.83. The molecule has 0 spiro atoms. The number of rotatable bonds is 4. The van der Waals surface area contributed by atoms with E-state index in [1.807, 2.05) is 6.92 Å². The molecule has 1 atom stereocenters. The molecule has 1 aromatic carbocycles. The van der Waals surface area contributed by atoms with Gasteiger partial charge in [-0.25, -0.2) is 0 Å². The van der Waals surface area contributed by atoms with Gasteiger partial charge in [0.1, 0.15) is 6.61 Å². The molecule has 0 aromatic heterocycles. The molecule has 90 valence electrons. The van der Waals surface area contributed by atoms with Crippen LogP contribution in [0, 0.1) is 0 Å². The Labute approximate surface area is 92.3 Å². The van der Waals surface area contributed by atoms with E-state index in [1.54, 1.807) is 18.2 Å². The van der Waals surface area contributed by atoms with Gasteiger partial charge in [-0.15, -0.1) is 0 Å². The predicted octanol–water partition coefficient (Wildman–Crippen LogP) is 2.93. The van der Waals surface area contributed by atoms with E-state index in [-0.39, 0.29) is 0 Å². The molecule has 0 aliphatic carbocycles. The van der Waals surface area contributed by atoms with Gasteiger partial charge in [0, 0.05) is 5.30 Å². The third kappa shape index (κ3) is 3.99. The molecule has 0 heterocycles. The van der Waals surface area contributed by atoms with Gasteiger partial charge in [-0.1, -0.05) is 25.1 Å². The molecule has 2 nitrogen and oxygen atoms in total. The summed E-state index contributed by atoms with van der Waals surface area (Å²) in [7, 11) is -2.81. The van der Waals surface area contributed by atoms with Crippen LogP contribution in [0.2, 0.25) is 0 Å². The Morgan fingerprint density at radius 3 is 2.50 bits per heavy atom. The van der Waals surface area contributed by atoms with Crippen molar-refractivity contribution in [2.24, 2.45) is 0 Å². The zero-order chi connectivity index (χ0) is 12.2. The summed E-state index contributed by atoms with van der Waals surface area (Å²) in [6.45, 7) is 0.376. The third-order valence-corrected chi connectivity index (χ3v) is 3.32. The first-order chi connectivity index (χ1) is 7.44. The van der Waals surface area contributed by atoms with Gasteiger partial charge in [-0.2, -0.15) is 13.2 Å². The van der Waals surface area contributed by atoms with Gasteiger partial charge in [0.2, 0.25) is 8.03 Å². The quantitative estimate of drug-likeness (QED) is 0.770. The number of hydrogen-bond donors (Lipinski definition) is 0. The highest BCUT2D eigenvalue weighted by atomic mass is 31.1. The molecule has 0 fully saturated rings. The lowest BCUT2D eigenvalue weighted by molar-refractivity contribution is -0.152. The van der Waals surface area contributed by atoms with E-state index in [1.165, 1.54) is 6.07 Å². The Bertz CT molecular complexity index is 377. The fraction of sp³-hybridized carbons (Fsp3) is 0.400. The molecule has 1 rings (SSSR count). The van der Waals surface area contributed by atoms with E-state index in [4.69, 9.17) is 0 Å². The standard InChI is InChI=1S/C10H12F3O2P/c1-2-8-5-3-4-6-9(8)16(14)15-7-10(11,12)13/h3-6,16H,2,7H2,1H3.